The Kier molecular flexibility index (Phi) is 4.04. The summed E-state index contributed by atoms with van der Waals surface area (Å²) in [5, 5.41) is 6.48. The number of amides is 1. The summed E-state index contributed by atoms with van der Waals surface area (Å²) in [5.74, 6) is 1.21. The number of nitrogens with one attached hydrogen (secondary N) is 2. The monoisotopic (exact) mass is 313 g/mol. The van der Waals surface area contributed by atoms with Gasteiger partial charge >= 0.3 is 0 Å². The van der Waals surface area contributed by atoms with Crippen LogP contribution in [0.3, 0.4) is 0 Å². The van der Waals surface area contributed by atoms with Crippen molar-refractivity contribution in [3.63, 3.8) is 0 Å². The second-order valence-electron chi connectivity index (χ2n) is 6.71. The Morgan fingerprint density at radius 3 is 2.74 bits per heavy atom. The largest absolute Gasteiger partial charge is 0.440 e. The quantitative estimate of drug-likeness (QED) is 0.914. The minimum atomic E-state index is 0.00483. The van der Waals surface area contributed by atoms with E-state index < -0.39 is 0 Å². The lowest BCUT2D eigenvalue weighted by molar-refractivity contribution is 0.0938. The van der Waals surface area contributed by atoms with Gasteiger partial charge in [0.25, 0.3) is 5.91 Å². The van der Waals surface area contributed by atoms with Crippen LogP contribution in [0, 0.1) is 0 Å². The molecule has 2 fully saturated rings. The first kappa shape index (κ1) is 14.7. The van der Waals surface area contributed by atoms with E-state index in [4.69, 9.17) is 4.42 Å². The third-order valence-electron chi connectivity index (χ3n) is 5.05. The second-order valence-corrected chi connectivity index (χ2v) is 6.71. The average molecular weight is 313 g/mol. The number of carbonyl (C=O) groups is 1. The summed E-state index contributed by atoms with van der Waals surface area (Å²) < 4.78 is 5.91. The molecule has 1 saturated heterocycles. The zero-order valence-corrected chi connectivity index (χ0v) is 13.3. The number of carbonyl (C=O) groups excluding carboxylic acids is 1. The van der Waals surface area contributed by atoms with Crippen molar-refractivity contribution in [1.29, 1.82) is 0 Å². The van der Waals surface area contributed by atoms with Crippen LogP contribution in [0.15, 0.2) is 22.6 Å². The molecule has 1 amide bonds. The van der Waals surface area contributed by atoms with E-state index in [0.29, 0.717) is 17.5 Å². The third-order valence-corrected chi connectivity index (χ3v) is 5.05. The highest BCUT2D eigenvalue weighted by Crippen LogP contribution is 2.28. The first-order valence-corrected chi connectivity index (χ1v) is 8.72. The van der Waals surface area contributed by atoms with Crippen molar-refractivity contribution < 1.29 is 9.21 Å². The third kappa shape index (κ3) is 3.11. The molecule has 2 aliphatic rings. The molecule has 23 heavy (non-hydrogen) atoms. The molecule has 122 valence electrons. The predicted octanol–water partition coefficient (Wildman–Crippen LogP) is 2.97. The summed E-state index contributed by atoms with van der Waals surface area (Å²) in [6.45, 7) is 2.02. The number of rotatable bonds is 3. The Morgan fingerprint density at radius 2 is 1.96 bits per heavy atom. The molecule has 2 N–H and O–H groups in total. The summed E-state index contributed by atoms with van der Waals surface area (Å²) in [6, 6.07) is 5.90. The molecule has 1 aromatic carbocycles. The molecule has 0 spiro atoms. The zero-order valence-electron chi connectivity index (χ0n) is 13.3. The summed E-state index contributed by atoms with van der Waals surface area (Å²) >= 11 is 0. The van der Waals surface area contributed by atoms with Crippen LogP contribution in [0.4, 0.5) is 0 Å². The topological polar surface area (TPSA) is 67.2 Å². The van der Waals surface area contributed by atoms with Crippen molar-refractivity contribution in [2.24, 2.45) is 0 Å². The fourth-order valence-corrected chi connectivity index (χ4v) is 3.67. The lowest BCUT2D eigenvalue weighted by Crippen LogP contribution is -2.32. The molecule has 1 aliphatic carbocycles. The van der Waals surface area contributed by atoms with Crippen LogP contribution in [0.5, 0.6) is 0 Å². The van der Waals surface area contributed by atoms with E-state index >= 15 is 0 Å². The van der Waals surface area contributed by atoms with Crippen molar-refractivity contribution in [1.82, 2.24) is 15.6 Å². The van der Waals surface area contributed by atoms with Crippen molar-refractivity contribution in [2.75, 3.05) is 13.1 Å². The number of oxazole rings is 1. The number of aromatic nitrogens is 1. The van der Waals surface area contributed by atoms with E-state index in [0.717, 1.165) is 55.8 Å². The highest BCUT2D eigenvalue weighted by atomic mass is 16.3. The van der Waals surface area contributed by atoms with E-state index in [1.807, 2.05) is 18.2 Å². The van der Waals surface area contributed by atoms with Gasteiger partial charge in [0, 0.05) is 17.5 Å². The number of hydrogen-bond acceptors (Lipinski definition) is 4. The molecule has 4 rings (SSSR count). The van der Waals surface area contributed by atoms with Crippen LogP contribution in [-0.2, 0) is 0 Å². The number of fused-ring (bicyclic) bond motifs is 1. The molecule has 0 bridgehead atoms. The van der Waals surface area contributed by atoms with Gasteiger partial charge in [0.05, 0.1) is 0 Å². The highest BCUT2D eigenvalue weighted by Gasteiger charge is 2.22. The van der Waals surface area contributed by atoms with Crippen LogP contribution in [0.1, 0.15) is 60.7 Å². The van der Waals surface area contributed by atoms with Gasteiger partial charge in [0.2, 0.25) is 0 Å². The minimum absolute atomic E-state index is 0.00483. The lowest BCUT2D eigenvalue weighted by Gasteiger charge is -2.19. The molecule has 1 saturated carbocycles. The Labute approximate surface area is 135 Å². The standard InChI is InChI=1S/C18H23N3O2/c22-17(20-14-3-1-2-4-14)13-5-6-16-15(11-13)21-18(23-16)12-7-9-19-10-8-12/h5-6,11-12,14,19H,1-4,7-10H2,(H,20,22). The van der Waals surface area contributed by atoms with Gasteiger partial charge in [-0.3, -0.25) is 4.79 Å². The maximum atomic E-state index is 12.4. The number of piperidine rings is 1. The van der Waals surface area contributed by atoms with Gasteiger partial charge in [0.1, 0.15) is 5.52 Å². The first-order valence-electron chi connectivity index (χ1n) is 8.72. The molecular weight excluding hydrogens is 290 g/mol. The highest BCUT2D eigenvalue weighted by molar-refractivity contribution is 5.97. The Bertz CT molecular complexity index is 697. The van der Waals surface area contributed by atoms with Crippen molar-refractivity contribution in [3.05, 3.63) is 29.7 Å². The molecule has 2 heterocycles. The fourth-order valence-electron chi connectivity index (χ4n) is 3.67. The van der Waals surface area contributed by atoms with Crippen LogP contribution in [0.25, 0.3) is 11.1 Å². The van der Waals surface area contributed by atoms with E-state index in [-0.39, 0.29) is 5.91 Å². The Morgan fingerprint density at radius 1 is 1.17 bits per heavy atom. The van der Waals surface area contributed by atoms with Gasteiger partial charge in [-0.05, 0) is 57.0 Å². The molecule has 5 heteroatoms. The first-order chi connectivity index (χ1) is 11.3. The molecule has 0 radical (unpaired) electrons. The number of nitrogens with zero attached hydrogens (tertiary/aromatic N) is 1. The van der Waals surface area contributed by atoms with E-state index in [1.165, 1.54) is 12.8 Å². The van der Waals surface area contributed by atoms with Crippen LogP contribution in [-0.4, -0.2) is 30.0 Å². The van der Waals surface area contributed by atoms with Gasteiger partial charge < -0.3 is 15.1 Å². The van der Waals surface area contributed by atoms with Crippen LogP contribution >= 0.6 is 0 Å². The SMILES string of the molecule is O=C(NC1CCCC1)c1ccc2oc(C3CCNCC3)nc2c1. The molecule has 1 aliphatic heterocycles. The van der Waals surface area contributed by atoms with E-state index in [1.54, 1.807) is 0 Å². The summed E-state index contributed by atoms with van der Waals surface area (Å²) in [7, 11) is 0. The van der Waals surface area contributed by atoms with Crippen molar-refractivity contribution >= 4 is 17.0 Å². The maximum Gasteiger partial charge on any atom is 0.251 e. The molecule has 1 aromatic heterocycles. The van der Waals surface area contributed by atoms with Crippen LogP contribution < -0.4 is 10.6 Å². The maximum absolute atomic E-state index is 12.4. The Balaban J connectivity index is 1.53. The average Bonchev–Trinajstić information content (AvgIpc) is 3.24. The molecule has 2 aromatic rings. The van der Waals surface area contributed by atoms with Gasteiger partial charge in [-0.1, -0.05) is 12.8 Å². The van der Waals surface area contributed by atoms with Gasteiger partial charge in [0.15, 0.2) is 11.5 Å². The molecule has 5 nitrogen and oxygen atoms in total. The van der Waals surface area contributed by atoms with Gasteiger partial charge in [-0.2, -0.15) is 0 Å². The zero-order chi connectivity index (χ0) is 15.6. The van der Waals surface area contributed by atoms with Crippen LogP contribution in [0.2, 0.25) is 0 Å². The Hall–Kier alpha value is -1.88. The smallest absolute Gasteiger partial charge is 0.251 e. The fraction of sp³-hybridized carbons (Fsp3) is 0.556. The van der Waals surface area contributed by atoms with E-state index in [2.05, 4.69) is 15.6 Å². The minimum Gasteiger partial charge on any atom is -0.440 e. The summed E-state index contributed by atoms with van der Waals surface area (Å²) in [5.41, 5.74) is 2.24. The number of hydrogen-bond donors (Lipinski definition) is 2. The van der Waals surface area contributed by atoms with Crippen molar-refractivity contribution in [2.45, 2.75) is 50.5 Å². The summed E-state index contributed by atoms with van der Waals surface area (Å²) in [4.78, 5) is 17.0. The number of benzene rings is 1. The lowest BCUT2D eigenvalue weighted by atomic mass is 9.98. The normalized spacial score (nSPS) is 20.2. The predicted molar refractivity (Wildman–Crippen MR) is 88.6 cm³/mol. The molecular formula is C18H23N3O2. The molecule has 0 atom stereocenters. The van der Waals surface area contributed by atoms with Crippen molar-refractivity contribution in [3.8, 4) is 0 Å². The van der Waals surface area contributed by atoms with Gasteiger partial charge in [-0.25, -0.2) is 4.98 Å². The summed E-state index contributed by atoms with van der Waals surface area (Å²) in [6.07, 6.45) is 6.74. The van der Waals surface area contributed by atoms with E-state index in [9.17, 15) is 4.79 Å². The molecule has 0 unspecified atom stereocenters. The van der Waals surface area contributed by atoms with Gasteiger partial charge in [-0.15, -0.1) is 0 Å². The second kappa shape index (κ2) is 6.32.